The largest absolute Gasteiger partial charge is 0.360 e. The first-order valence-electron chi connectivity index (χ1n) is 8.82. The Bertz CT molecular complexity index is 1090. The van der Waals surface area contributed by atoms with Gasteiger partial charge in [-0.1, -0.05) is 78.6 Å². The summed E-state index contributed by atoms with van der Waals surface area (Å²) in [5.41, 5.74) is 3.96. The molecule has 0 saturated carbocycles. The van der Waals surface area contributed by atoms with E-state index < -0.39 is 0 Å². The van der Waals surface area contributed by atoms with Crippen molar-refractivity contribution in [1.82, 2.24) is 15.2 Å². The van der Waals surface area contributed by atoms with Gasteiger partial charge in [0.2, 0.25) is 0 Å². The van der Waals surface area contributed by atoms with Crippen LogP contribution in [0.15, 0.2) is 59.1 Å². The molecule has 0 aliphatic heterocycles. The van der Waals surface area contributed by atoms with Gasteiger partial charge in [-0.25, -0.2) is 0 Å². The summed E-state index contributed by atoms with van der Waals surface area (Å²) in [5, 5.41) is 9.82. The fourth-order valence-corrected chi connectivity index (χ4v) is 5.26. The number of hydrogen-bond donors (Lipinski definition) is 1. The quantitative estimate of drug-likeness (QED) is 0.342. The molecule has 1 N–H and O–H groups in total. The van der Waals surface area contributed by atoms with Crippen LogP contribution in [0.4, 0.5) is 0 Å². The number of nitrogens with zero attached hydrogens (tertiary/aromatic N) is 2. The highest BCUT2D eigenvalue weighted by Crippen LogP contribution is 2.40. The predicted octanol–water partition coefficient (Wildman–Crippen LogP) is 5.61. The Labute approximate surface area is 166 Å². The van der Waals surface area contributed by atoms with Gasteiger partial charge < -0.3 is 4.98 Å². The van der Waals surface area contributed by atoms with Crippen LogP contribution in [0.5, 0.6) is 0 Å². The zero-order chi connectivity index (χ0) is 18.8. The van der Waals surface area contributed by atoms with Crippen LogP contribution in [0.3, 0.4) is 0 Å². The maximum Gasteiger partial charge on any atom is 0.182 e. The number of benzene rings is 2. The number of thioether (sulfide) groups is 1. The second-order valence-corrected chi connectivity index (χ2v) is 8.79. The van der Waals surface area contributed by atoms with E-state index in [1.807, 2.05) is 55.6 Å². The number of fused-ring (bicyclic) bond motifs is 1. The van der Waals surface area contributed by atoms with Crippen molar-refractivity contribution in [1.29, 1.82) is 0 Å². The van der Waals surface area contributed by atoms with Crippen LogP contribution >= 0.6 is 23.1 Å². The molecule has 27 heavy (non-hydrogen) atoms. The first kappa shape index (κ1) is 17.9. The maximum absolute atomic E-state index is 13.5. The highest BCUT2D eigenvalue weighted by atomic mass is 32.2. The summed E-state index contributed by atoms with van der Waals surface area (Å²) in [6.07, 6.45) is 2.76. The summed E-state index contributed by atoms with van der Waals surface area (Å²) >= 11 is 2.98. The number of aryl methyl sites for hydroxylation is 2. The normalized spacial score (nSPS) is 12.4. The molecule has 6 heteroatoms. The molecule has 0 radical (unpaired) electrons. The molecule has 2 aromatic heterocycles. The van der Waals surface area contributed by atoms with E-state index in [4.69, 9.17) is 0 Å². The van der Waals surface area contributed by atoms with Crippen LogP contribution in [0.2, 0.25) is 0 Å². The lowest BCUT2D eigenvalue weighted by atomic mass is 10.0. The van der Waals surface area contributed by atoms with Crippen molar-refractivity contribution in [3.63, 3.8) is 0 Å². The lowest BCUT2D eigenvalue weighted by molar-refractivity contribution is 0.0991. The number of para-hydroxylation sites is 1. The second kappa shape index (κ2) is 7.66. The third-order valence-corrected chi connectivity index (χ3v) is 6.69. The molecule has 4 aromatic rings. The smallest absolute Gasteiger partial charge is 0.182 e. The number of ketones is 1. The van der Waals surface area contributed by atoms with E-state index in [2.05, 4.69) is 28.2 Å². The Morgan fingerprint density at radius 1 is 1.15 bits per heavy atom. The third kappa shape index (κ3) is 3.55. The van der Waals surface area contributed by atoms with Gasteiger partial charge >= 0.3 is 0 Å². The summed E-state index contributed by atoms with van der Waals surface area (Å²) in [6, 6.07) is 16.0. The van der Waals surface area contributed by atoms with Crippen LogP contribution < -0.4 is 0 Å². The van der Waals surface area contributed by atoms with Gasteiger partial charge in [-0.3, -0.25) is 4.79 Å². The fourth-order valence-electron chi connectivity index (χ4n) is 3.18. The van der Waals surface area contributed by atoms with E-state index in [1.54, 1.807) is 0 Å². The molecule has 0 aliphatic rings. The summed E-state index contributed by atoms with van der Waals surface area (Å²) in [4.78, 5) is 16.9. The number of carbonyl (C=O) groups excluding carboxylic acids is 1. The van der Waals surface area contributed by atoms with Gasteiger partial charge in [0.25, 0.3) is 0 Å². The first-order chi connectivity index (χ1) is 13.2. The van der Waals surface area contributed by atoms with Crippen molar-refractivity contribution in [2.24, 2.45) is 0 Å². The Hall–Kier alpha value is -2.44. The Morgan fingerprint density at radius 3 is 2.67 bits per heavy atom. The second-order valence-electron chi connectivity index (χ2n) is 6.26. The SMILES string of the molecule is CCc1cccc2c(C(=O)[C@H](Sc3nnc(C)s3)c3ccccc3)c[nH]c12. The number of H-pyrrole nitrogens is 1. The molecule has 2 aromatic carbocycles. The van der Waals surface area contributed by atoms with E-state index in [0.29, 0.717) is 0 Å². The molecule has 4 rings (SSSR count). The Kier molecular flexibility index (Phi) is 5.09. The number of nitrogens with one attached hydrogen (secondary N) is 1. The Balaban J connectivity index is 1.77. The number of rotatable bonds is 6. The average molecular weight is 394 g/mol. The topological polar surface area (TPSA) is 58.6 Å². The molecule has 0 unspecified atom stereocenters. The van der Waals surface area contributed by atoms with Crippen molar-refractivity contribution in [2.75, 3.05) is 0 Å². The van der Waals surface area contributed by atoms with Crippen molar-refractivity contribution in [3.05, 3.63) is 76.4 Å². The van der Waals surface area contributed by atoms with Crippen LogP contribution in [-0.4, -0.2) is 21.0 Å². The zero-order valence-electron chi connectivity index (χ0n) is 15.1. The van der Waals surface area contributed by atoms with E-state index in [1.165, 1.54) is 28.7 Å². The lowest BCUT2D eigenvalue weighted by Crippen LogP contribution is -2.09. The van der Waals surface area contributed by atoms with Gasteiger partial charge in [0.1, 0.15) is 10.3 Å². The highest BCUT2D eigenvalue weighted by Gasteiger charge is 2.27. The minimum atomic E-state index is -0.358. The lowest BCUT2D eigenvalue weighted by Gasteiger charge is -2.14. The van der Waals surface area contributed by atoms with Crippen molar-refractivity contribution >= 4 is 39.8 Å². The van der Waals surface area contributed by atoms with Gasteiger partial charge in [-0.15, -0.1) is 10.2 Å². The molecular weight excluding hydrogens is 374 g/mol. The summed E-state index contributed by atoms with van der Waals surface area (Å²) in [5.74, 6) is 0.0820. The van der Waals surface area contributed by atoms with Crippen LogP contribution in [0, 0.1) is 6.92 Å². The van der Waals surface area contributed by atoms with Crippen LogP contribution in [0.1, 0.15) is 38.7 Å². The number of aromatic amines is 1. The molecular formula is C21H19N3OS2. The molecule has 1 atom stereocenters. The number of carbonyl (C=O) groups is 1. The number of hydrogen-bond acceptors (Lipinski definition) is 5. The summed E-state index contributed by atoms with van der Waals surface area (Å²) in [6.45, 7) is 4.05. The minimum absolute atomic E-state index is 0.0820. The van der Waals surface area contributed by atoms with Gasteiger partial charge in [0, 0.05) is 22.7 Å². The van der Waals surface area contributed by atoms with E-state index in [9.17, 15) is 4.79 Å². The molecule has 136 valence electrons. The van der Waals surface area contributed by atoms with E-state index in [0.717, 1.165) is 37.8 Å². The predicted molar refractivity (Wildman–Crippen MR) is 112 cm³/mol. The standard InChI is InChI=1S/C21H19N3OS2/c1-3-14-10-7-11-16-17(12-22-18(14)16)19(25)20(15-8-5-4-6-9-15)27-21-24-23-13(2)26-21/h4-12,20,22H,3H2,1-2H3/t20-/m1/s1. The van der Waals surface area contributed by atoms with Crippen molar-refractivity contribution < 1.29 is 4.79 Å². The Morgan fingerprint density at radius 2 is 1.96 bits per heavy atom. The fraction of sp³-hybridized carbons (Fsp3) is 0.190. The highest BCUT2D eigenvalue weighted by molar-refractivity contribution is 8.01. The molecule has 2 heterocycles. The van der Waals surface area contributed by atoms with Gasteiger partial charge in [0.15, 0.2) is 10.1 Å². The van der Waals surface area contributed by atoms with Crippen LogP contribution in [0.25, 0.3) is 10.9 Å². The summed E-state index contributed by atoms with van der Waals surface area (Å²) < 4.78 is 0.809. The van der Waals surface area contributed by atoms with Gasteiger partial charge in [-0.05, 0) is 24.5 Å². The minimum Gasteiger partial charge on any atom is -0.360 e. The molecule has 0 aliphatic carbocycles. The monoisotopic (exact) mass is 393 g/mol. The average Bonchev–Trinajstić information content (AvgIpc) is 3.32. The van der Waals surface area contributed by atoms with E-state index in [-0.39, 0.29) is 11.0 Å². The molecule has 0 amide bonds. The van der Waals surface area contributed by atoms with Crippen molar-refractivity contribution in [3.8, 4) is 0 Å². The summed E-state index contributed by atoms with van der Waals surface area (Å²) in [7, 11) is 0. The molecule has 0 saturated heterocycles. The molecule has 0 spiro atoms. The number of Topliss-reactive ketones (excluding diaryl/α,β-unsaturated/α-hetero) is 1. The van der Waals surface area contributed by atoms with Crippen molar-refractivity contribution in [2.45, 2.75) is 29.9 Å². The maximum atomic E-state index is 13.5. The molecule has 0 fully saturated rings. The molecule has 0 bridgehead atoms. The van der Waals surface area contributed by atoms with Gasteiger partial charge in [0.05, 0.1) is 0 Å². The van der Waals surface area contributed by atoms with Crippen LogP contribution in [-0.2, 0) is 6.42 Å². The molecule has 4 nitrogen and oxygen atoms in total. The van der Waals surface area contributed by atoms with Gasteiger partial charge in [-0.2, -0.15) is 0 Å². The third-order valence-electron chi connectivity index (χ3n) is 4.51. The zero-order valence-corrected chi connectivity index (χ0v) is 16.7. The van der Waals surface area contributed by atoms with E-state index >= 15 is 0 Å². The number of aromatic nitrogens is 3. The first-order valence-corrected chi connectivity index (χ1v) is 10.5.